The summed E-state index contributed by atoms with van der Waals surface area (Å²) in [5.41, 5.74) is 2.40. The second kappa shape index (κ2) is 9.47. The number of halogens is 3. The van der Waals surface area contributed by atoms with E-state index in [1.165, 1.54) is 5.01 Å². The summed E-state index contributed by atoms with van der Waals surface area (Å²) in [5, 5.41) is 13.4. The molecule has 2 N–H and O–H groups in total. The second-order valence-corrected chi connectivity index (χ2v) is 8.80. The molecule has 2 aromatic rings. The minimum atomic E-state index is -0.280. The molecule has 0 spiro atoms. The maximum absolute atomic E-state index is 12.7. The highest BCUT2D eigenvalue weighted by Gasteiger charge is 2.46. The van der Waals surface area contributed by atoms with Crippen LogP contribution < -0.4 is 10.6 Å². The molecule has 2 aromatic carbocycles. The van der Waals surface area contributed by atoms with Crippen LogP contribution in [0.5, 0.6) is 0 Å². The van der Waals surface area contributed by atoms with E-state index in [4.69, 9.17) is 34.8 Å². The first-order chi connectivity index (χ1) is 14.9. The Balaban J connectivity index is 1.35. The van der Waals surface area contributed by atoms with E-state index in [0.29, 0.717) is 33.8 Å². The number of fused-ring (bicyclic) bond motifs is 1. The van der Waals surface area contributed by atoms with E-state index in [1.807, 2.05) is 12.1 Å². The van der Waals surface area contributed by atoms with Gasteiger partial charge in [-0.15, -0.1) is 0 Å². The Labute approximate surface area is 195 Å². The Hall–Kier alpha value is -2.28. The van der Waals surface area contributed by atoms with Gasteiger partial charge in [0.25, 0.3) is 0 Å². The fraction of sp³-hybridized carbons (Fsp3) is 0.318. The summed E-state index contributed by atoms with van der Waals surface area (Å²) >= 11 is 18.2. The molecule has 9 heteroatoms. The monoisotopic (exact) mass is 478 g/mol. The number of benzene rings is 2. The number of carbonyl (C=O) groups is 2. The number of amides is 2. The van der Waals surface area contributed by atoms with Crippen LogP contribution in [-0.4, -0.2) is 42.2 Å². The van der Waals surface area contributed by atoms with Crippen LogP contribution >= 0.6 is 34.8 Å². The lowest BCUT2D eigenvalue weighted by atomic mass is 9.68. The van der Waals surface area contributed by atoms with Crippen molar-refractivity contribution in [2.75, 3.05) is 25.0 Å². The van der Waals surface area contributed by atoms with Gasteiger partial charge < -0.3 is 10.6 Å². The van der Waals surface area contributed by atoms with Crippen LogP contribution in [0.15, 0.2) is 47.6 Å². The first-order valence-electron chi connectivity index (χ1n) is 10.0. The molecular formula is C22H21Cl3N4O2. The maximum atomic E-state index is 12.7. The largest absolute Gasteiger partial charge is 0.381 e. The van der Waals surface area contributed by atoms with Crippen molar-refractivity contribution >= 4 is 58.0 Å². The zero-order valence-electron chi connectivity index (χ0n) is 16.6. The summed E-state index contributed by atoms with van der Waals surface area (Å²) in [5.74, 6) is -0.375. The third-order valence-corrected chi connectivity index (χ3v) is 6.45. The van der Waals surface area contributed by atoms with Gasteiger partial charge in [0, 0.05) is 29.9 Å². The van der Waals surface area contributed by atoms with E-state index in [-0.39, 0.29) is 30.2 Å². The van der Waals surface area contributed by atoms with Gasteiger partial charge in [-0.3, -0.25) is 9.59 Å². The van der Waals surface area contributed by atoms with Gasteiger partial charge in [-0.25, -0.2) is 5.01 Å². The van der Waals surface area contributed by atoms with E-state index in [0.717, 1.165) is 24.1 Å². The van der Waals surface area contributed by atoms with Crippen molar-refractivity contribution in [1.82, 2.24) is 10.3 Å². The number of hydrazone groups is 1. The number of rotatable bonds is 7. The van der Waals surface area contributed by atoms with E-state index >= 15 is 0 Å². The first kappa shape index (κ1) is 21.9. The van der Waals surface area contributed by atoms with E-state index in [2.05, 4.69) is 15.7 Å². The molecule has 1 fully saturated rings. The molecule has 0 saturated heterocycles. The number of carbonyl (C=O) groups excluding carboxylic acids is 2. The van der Waals surface area contributed by atoms with Gasteiger partial charge in [0.15, 0.2) is 0 Å². The summed E-state index contributed by atoms with van der Waals surface area (Å²) in [6, 6.07) is 12.6. The van der Waals surface area contributed by atoms with Crippen LogP contribution in [-0.2, 0) is 9.59 Å². The molecule has 4 rings (SSSR count). The molecule has 2 atom stereocenters. The van der Waals surface area contributed by atoms with Gasteiger partial charge in [0.2, 0.25) is 11.8 Å². The number of nitrogens with zero attached hydrogens (tertiary/aromatic N) is 2. The predicted octanol–water partition coefficient (Wildman–Crippen LogP) is 4.45. The molecule has 2 aliphatic rings. The molecule has 162 valence electrons. The van der Waals surface area contributed by atoms with Crippen LogP contribution in [0.4, 0.5) is 5.69 Å². The van der Waals surface area contributed by atoms with Crippen molar-refractivity contribution in [3.8, 4) is 0 Å². The minimum absolute atomic E-state index is 0.0925. The highest BCUT2D eigenvalue weighted by Crippen LogP contribution is 2.41. The summed E-state index contributed by atoms with van der Waals surface area (Å²) in [7, 11) is 0. The molecule has 31 heavy (non-hydrogen) atoms. The fourth-order valence-electron chi connectivity index (χ4n) is 3.82. The standard InChI is InChI=1S/C22H21Cl3N4O2/c23-14-6-4-13(5-7-14)20-15-8-9-16(15)22(31)29(28-20)12-19(30)26-10-11-27-21-17(24)2-1-3-18(21)25/h1-7,15-16,27H,8-12H2,(H,26,30). The van der Waals surface area contributed by atoms with Crippen molar-refractivity contribution in [3.05, 3.63) is 63.1 Å². The van der Waals surface area contributed by atoms with E-state index in [9.17, 15) is 9.59 Å². The molecule has 0 bridgehead atoms. The number of nitrogens with one attached hydrogen (secondary N) is 2. The highest BCUT2D eigenvalue weighted by molar-refractivity contribution is 6.39. The van der Waals surface area contributed by atoms with Gasteiger partial charge in [0.1, 0.15) is 6.54 Å². The molecule has 0 aromatic heterocycles. The minimum Gasteiger partial charge on any atom is -0.381 e. The molecule has 6 nitrogen and oxygen atoms in total. The smallest absolute Gasteiger partial charge is 0.246 e. The lowest BCUT2D eigenvalue weighted by Crippen LogP contribution is -2.52. The van der Waals surface area contributed by atoms with E-state index < -0.39 is 0 Å². The van der Waals surface area contributed by atoms with Crippen molar-refractivity contribution in [1.29, 1.82) is 0 Å². The molecular weight excluding hydrogens is 459 g/mol. The van der Waals surface area contributed by atoms with Crippen molar-refractivity contribution in [2.24, 2.45) is 16.9 Å². The number of hydrogen-bond acceptors (Lipinski definition) is 4. The lowest BCUT2D eigenvalue weighted by molar-refractivity contribution is -0.144. The molecule has 1 saturated carbocycles. The Morgan fingerprint density at radius 3 is 2.32 bits per heavy atom. The third-order valence-electron chi connectivity index (χ3n) is 5.57. The van der Waals surface area contributed by atoms with Crippen LogP contribution in [0.2, 0.25) is 15.1 Å². The lowest BCUT2D eigenvalue weighted by Gasteiger charge is -2.42. The Morgan fingerprint density at radius 1 is 1.00 bits per heavy atom. The van der Waals surface area contributed by atoms with Crippen LogP contribution in [0.1, 0.15) is 18.4 Å². The quantitative estimate of drug-likeness (QED) is 0.576. The van der Waals surface area contributed by atoms with Gasteiger partial charge >= 0.3 is 0 Å². The molecule has 2 amide bonds. The summed E-state index contributed by atoms with van der Waals surface area (Å²) < 4.78 is 0. The second-order valence-electron chi connectivity index (χ2n) is 7.55. The fourth-order valence-corrected chi connectivity index (χ4v) is 4.48. The molecule has 1 aliphatic carbocycles. The summed E-state index contributed by atoms with van der Waals surface area (Å²) in [6.07, 6.45) is 1.74. The summed E-state index contributed by atoms with van der Waals surface area (Å²) in [6.45, 7) is 0.668. The average Bonchev–Trinajstić information content (AvgIpc) is 2.70. The van der Waals surface area contributed by atoms with Crippen LogP contribution in [0.3, 0.4) is 0 Å². The predicted molar refractivity (Wildman–Crippen MR) is 124 cm³/mol. The summed E-state index contributed by atoms with van der Waals surface area (Å²) in [4.78, 5) is 25.1. The highest BCUT2D eigenvalue weighted by atomic mass is 35.5. The van der Waals surface area contributed by atoms with Crippen LogP contribution in [0.25, 0.3) is 0 Å². The molecule has 2 unspecified atom stereocenters. The normalized spacial score (nSPS) is 19.9. The van der Waals surface area contributed by atoms with Crippen molar-refractivity contribution < 1.29 is 9.59 Å². The zero-order valence-corrected chi connectivity index (χ0v) is 18.8. The maximum Gasteiger partial charge on any atom is 0.246 e. The number of anilines is 1. The SMILES string of the molecule is O=C(CN1N=C(c2ccc(Cl)cc2)C2CCC2C1=O)NCCNc1c(Cl)cccc1Cl. The van der Waals surface area contributed by atoms with Gasteiger partial charge in [-0.1, -0.05) is 53.0 Å². The molecule has 1 heterocycles. The Morgan fingerprint density at radius 2 is 1.68 bits per heavy atom. The van der Waals surface area contributed by atoms with Gasteiger partial charge in [-0.2, -0.15) is 5.10 Å². The van der Waals surface area contributed by atoms with Crippen molar-refractivity contribution in [2.45, 2.75) is 12.8 Å². The van der Waals surface area contributed by atoms with Crippen LogP contribution in [0, 0.1) is 11.8 Å². The van der Waals surface area contributed by atoms with Crippen molar-refractivity contribution in [3.63, 3.8) is 0 Å². The van der Waals surface area contributed by atoms with E-state index in [1.54, 1.807) is 30.3 Å². The Kier molecular flexibility index (Phi) is 6.70. The topological polar surface area (TPSA) is 73.8 Å². The zero-order chi connectivity index (χ0) is 22.0. The van der Waals surface area contributed by atoms with Gasteiger partial charge in [-0.05, 0) is 42.7 Å². The van der Waals surface area contributed by atoms with Gasteiger partial charge in [0.05, 0.1) is 21.4 Å². The number of hydrogen-bond donors (Lipinski definition) is 2. The first-order valence-corrected chi connectivity index (χ1v) is 11.2. The average molecular weight is 480 g/mol. The molecule has 1 aliphatic heterocycles. The Bertz CT molecular complexity index is 1010. The number of para-hydroxylation sites is 1. The molecule has 0 radical (unpaired) electrons. The third kappa shape index (κ3) is 4.81.